The molecule has 8 nitrogen and oxygen atoms in total. The van der Waals surface area contributed by atoms with Crippen LogP contribution in [0.2, 0.25) is 0 Å². The standard InChI is InChI=1S/C25H38N3O5P/c1-6-31-34(30,32-7-2)23-24(28-17-9-8-10-18-28)33-21(27-23)15-16-26-22(29)19-11-13-20(14-12-19)25(3,4)5/h11-14H,6-10,15-18H2,1-5H3,(H,26,29). The Morgan fingerprint density at radius 2 is 1.71 bits per heavy atom. The number of rotatable bonds is 10. The third kappa shape index (κ3) is 6.49. The Hall–Kier alpha value is -2.15. The van der Waals surface area contributed by atoms with Crippen molar-refractivity contribution >= 4 is 24.8 Å². The summed E-state index contributed by atoms with van der Waals surface area (Å²) in [6.07, 6.45) is 3.59. The monoisotopic (exact) mass is 491 g/mol. The second-order valence-electron chi connectivity index (χ2n) is 9.45. The summed E-state index contributed by atoms with van der Waals surface area (Å²) in [6, 6.07) is 7.65. The summed E-state index contributed by atoms with van der Waals surface area (Å²) in [6.45, 7) is 12.4. The van der Waals surface area contributed by atoms with Gasteiger partial charge >= 0.3 is 7.60 Å². The molecule has 1 aromatic heterocycles. The fraction of sp³-hybridized carbons (Fsp3) is 0.600. The highest BCUT2D eigenvalue weighted by Gasteiger charge is 2.37. The number of anilines is 1. The highest BCUT2D eigenvalue weighted by molar-refractivity contribution is 7.62. The first-order chi connectivity index (χ1) is 16.2. The molecule has 0 spiro atoms. The fourth-order valence-electron chi connectivity index (χ4n) is 3.94. The Morgan fingerprint density at radius 1 is 1.09 bits per heavy atom. The number of carbonyl (C=O) groups excluding carboxylic acids is 1. The number of nitrogens with zero attached hydrogens (tertiary/aromatic N) is 2. The van der Waals surface area contributed by atoms with Crippen LogP contribution < -0.4 is 15.7 Å². The first kappa shape index (κ1) is 26.5. The molecule has 9 heteroatoms. The fourth-order valence-corrected chi connectivity index (χ4v) is 5.59. The van der Waals surface area contributed by atoms with Crippen molar-refractivity contribution in [3.8, 4) is 0 Å². The number of oxazole rings is 1. The second kappa shape index (κ2) is 11.5. The van der Waals surface area contributed by atoms with Crippen LogP contribution in [0.3, 0.4) is 0 Å². The first-order valence-corrected chi connectivity index (χ1v) is 13.7. The van der Waals surface area contributed by atoms with Crippen LogP contribution in [-0.2, 0) is 25.4 Å². The number of piperidine rings is 1. The first-order valence-electron chi connectivity index (χ1n) is 12.2. The van der Waals surface area contributed by atoms with Gasteiger partial charge in [0.2, 0.25) is 11.3 Å². The van der Waals surface area contributed by atoms with E-state index >= 15 is 0 Å². The van der Waals surface area contributed by atoms with Gasteiger partial charge in [-0.2, -0.15) is 0 Å². The molecule has 3 rings (SSSR count). The number of hydrogen-bond donors (Lipinski definition) is 1. The molecule has 1 aliphatic heterocycles. The highest BCUT2D eigenvalue weighted by atomic mass is 31.2. The van der Waals surface area contributed by atoms with Crippen molar-refractivity contribution < 1.29 is 22.8 Å². The van der Waals surface area contributed by atoms with Crippen molar-refractivity contribution in [2.24, 2.45) is 0 Å². The van der Waals surface area contributed by atoms with Crippen LogP contribution in [0.5, 0.6) is 0 Å². The number of amides is 1. The van der Waals surface area contributed by atoms with E-state index in [4.69, 9.17) is 13.5 Å². The lowest BCUT2D eigenvalue weighted by Gasteiger charge is -2.27. The third-order valence-electron chi connectivity index (χ3n) is 5.77. The van der Waals surface area contributed by atoms with Gasteiger partial charge in [0.05, 0.1) is 13.2 Å². The van der Waals surface area contributed by atoms with Gasteiger partial charge in [-0.1, -0.05) is 32.9 Å². The lowest BCUT2D eigenvalue weighted by atomic mass is 9.87. The van der Waals surface area contributed by atoms with E-state index in [1.54, 1.807) is 13.8 Å². The molecular formula is C25H38N3O5P. The number of aromatic nitrogens is 1. The zero-order valence-corrected chi connectivity index (χ0v) is 22.0. The molecule has 0 atom stereocenters. The van der Waals surface area contributed by atoms with Crippen molar-refractivity contribution in [3.05, 3.63) is 41.3 Å². The topological polar surface area (TPSA) is 93.9 Å². The molecule has 0 unspecified atom stereocenters. The molecule has 34 heavy (non-hydrogen) atoms. The van der Waals surface area contributed by atoms with Crippen molar-refractivity contribution in [1.29, 1.82) is 0 Å². The van der Waals surface area contributed by atoms with Crippen LogP contribution in [-0.4, -0.2) is 43.7 Å². The maximum atomic E-state index is 13.5. The molecule has 0 radical (unpaired) electrons. The minimum absolute atomic E-state index is 0.0339. The molecule has 1 fully saturated rings. The zero-order chi connectivity index (χ0) is 24.8. The third-order valence-corrected chi connectivity index (χ3v) is 7.78. The van der Waals surface area contributed by atoms with Gasteiger partial charge < -0.3 is 23.7 Å². The van der Waals surface area contributed by atoms with E-state index in [9.17, 15) is 9.36 Å². The molecule has 0 aliphatic carbocycles. The molecule has 1 aliphatic rings. The molecule has 1 aromatic carbocycles. The molecule has 1 saturated heterocycles. The number of carbonyl (C=O) groups is 1. The summed E-state index contributed by atoms with van der Waals surface area (Å²) in [5.74, 6) is 0.709. The van der Waals surface area contributed by atoms with Crippen molar-refractivity contribution in [2.45, 2.75) is 65.7 Å². The van der Waals surface area contributed by atoms with E-state index < -0.39 is 7.60 Å². The number of benzene rings is 1. The van der Waals surface area contributed by atoms with Crippen LogP contribution in [0.15, 0.2) is 28.7 Å². The van der Waals surface area contributed by atoms with Crippen LogP contribution in [0, 0.1) is 0 Å². The molecule has 0 saturated carbocycles. The second-order valence-corrected chi connectivity index (χ2v) is 11.4. The molecule has 1 N–H and O–H groups in total. The van der Waals surface area contributed by atoms with Crippen LogP contribution in [0.25, 0.3) is 0 Å². The zero-order valence-electron chi connectivity index (χ0n) is 21.1. The molecule has 2 heterocycles. The summed E-state index contributed by atoms with van der Waals surface area (Å²) in [5.41, 5.74) is 2.05. The molecule has 188 valence electrons. The van der Waals surface area contributed by atoms with Crippen LogP contribution in [0.4, 0.5) is 5.88 Å². The van der Waals surface area contributed by atoms with Crippen molar-refractivity contribution in [3.63, 3.8) is 0 Å². The van der Waals surface area contributed by atoms with Gasteiger partial charge in [0.15, 0.2) is 5.89 Å². The minimum atomic E-state index is -3.61. The van der Waals surface area contributed by atoms with Crippen LogP contribution >= 0.6 is 7.60 Å². The summed E-state index contributed by atoms with van der Waals surface area (Å²) in [7, 11) is -3.61. The summed E-state index contributed by atoms with van der Waals surface area (Å²) < 4.78 is 30.7. The summed E-state index contributed by atoms with van der Waals surface area (Å²) >= 11 is 0. The molecule has 2 aromatic rings. The Morgan fingerprint density at radius 3 is 2.26 bits per heavy atom. The highest BCUT2D eigenvalue weighted by Crippen LogP contribution is 2.49. The quantitative estimate of drug-likeness (QED) is 0.476. The van der Waals surface area contributed by atoms with Gasteiger partial charge in [-0.25, -0.2) is 4.98 Å². The van der Waals surface area contributed by atoms with E-state index in [1.807, 2.05) is 24.3 Å². The summed E-state index contributed by atoms with van der Waals surface area (Å²) in [5, 5.41) is 2.92. The van der Waals surface area contributed by atoms with Crippen molar-refractivity contribution in [1.82, 2.24) is 10.3 Å². The smallest absolute Gasteiger partial charge is 0.385 e. The van der Waals surface area contributed by atoms with E-state index in [0.717, 1.165) is 32.4 Å². The maximum Gasteiger partial charge on any atom is 0.385 e. The average Bonchev–Trinajstić information content (AvgIpc) is 3.24. The lowest BCUT2D eigenvalue weighted by molar-refractivity contribution is 0.0953. The Balaban J connectivity index is 1.72. The van der Waals surface area contributed by atoms with Gasteiger partial charge in [0.1, 0.15) is 0 Å². The van der Waals surface area contributed by atoms with Crippen LogP contribution in [0.1, 0.15) is 75.7 Å². The Bertz CT molecular complexity index is 981. The van der Waals surface area contributed by atoms with E-state index in [1.165, 1.54) is 5.56 Å². The molecule has 0 bridgehead atoms. The molecular weight excluding hydrogens is 453 g/mol. The number of hydrogen-bond acceptors (Lipinski definition) is 7. The van der Waals surface area contributed by atoms with E-state index in [0.29, 0.717) is 30.3 Å². The SMILES string of the molecule is CCOP(=O)(OCC)c1nc(CCNC(=O)c2ccc(C(C)(C)C)cc2)oc1N1CCCCC1. The lowest BCUT2D eigenvalue weighted by Crippen LogP contribution is -2.33. The van der Waals surface area contributed by atoms with E-state index in [2.05, 4.69) is 36.0 Å². The summed E-state index contributed by atoms with van der Waals surface area (Å²) in [4.78, 5) is 19.2. The predicted molar refractivity (Wildman–Crippen MR) is 134 cm³/mol. The Kier molecular flexibility index (Phi) is 8.96. The van der Waals surface area contributed by atoms with Gasteiger partial charge in [-0.05, 0) is 56.2 Å². The normalized spacial score (nSPS) is 14.9. The van der Waals surface area contributed by atoms with Gasteiger partial charge in [0.25, 0.3) is 5.91 Å². The van der Waals surface area contributed by atoms with Gasteiger partial charge in [0, 0.05) is 31.6 Å². The van der Waals surface area contributed by atoms with Gasteiger partial charge in [-0.3, -0.25) is 9.36 Å². The van der Waals surface area contributed by atoms with E-state index in [-0.39, 0.29) is 30.0 Å². The largest absolute Gasteiger partial charge is 0.424 e. The van der Waals surface area contributed by atoms with Crippen molar-refractivity contribution in [2.75, 3.05) is 37.7 Å². The van der Waals surface area contributed by atoms with Gasteiger partial charge in [-0.15, -0.1) is 0 Å². The minimum Gasteiger partial charge on any atom is -0.424 e. The Labute approximate surface area is 202 Å². The maximum absolute atomic E-state index is 13.5. The molecule has 1 amide bonds. The number of nitrogens with one attached hydrogen (secondary N) is 1. The average molecular weight is 492 g/mol. The predicted octanol–water partition coefficient (Wildman–Crippen LogP) is 4.83.